The van der Waals surface area contributed by atoms with Crippen LogP contribution >= 0.6 is 0 Å². The van der Waals surface area contributed by atoms with Crippen molar-refractivity contribution in [3.63, 3.8) is 0 Å². The first-order valence-electron chi connectivity index (χ1n) is 9.95. The second-order valence-corrected chi connectivity index (χ2v) is 7.46. The molecule has 0 spiro atoms. The number of amides is 4. The second-order valence-electron chi connectivity index (χ2n) is 7.46. The van der Waals surface area contributed by atoms with Crippen LogP contribution < -0.4 is 22.1 Å². The van der Waals surface area contributed by atoms with Gasteiger partial charge >= 0.3 is 17.9 Å². The minimum Gasteiger partial charge on any atom is -0.481 e. The van der Waals surface area contributed by atoms with Crippen LogP contribution in [0.3, 0.4) is 0 Å². The van der Waals surface area contributed by atoms with E-state index in [1.165, 1.54) is 0 Å². The van der Waals surface area contributed by atoms with Crippen molar-refractivity contribution < 1.29 is 48.9 Å². The molecule has 1 rings (SSSR count). The predicted molar refractivity (Wildman–Crippen MR) is 107 cm³/mol. The minimum atomic E-state index is -1.72. The molecule has 0 aromatic carbocycles. The summed E-state index contributed by atoms with van der Waals surface area (Å²) in [6.07, 6.45) is -1.64. The monoisotopic (exact) mass is 473 g/mol. The van der Waals surface area contributed by atoms with Gasteiger partial charge in [-0.2, -0.15) is 0 Å². The highest BCUT2D eigenvalue weighted by Gasteiger charge is 2.39. The van der Waals surface area contributed by atoms with Crippen LogP contribution in [-0.4, -0.2) is 92.5 Å². The molecule has 0 saturated carbocycles. The topological polar surface area (TPSA) is 260 Å². The van der Waals surface area contributed by atoms with Crippen LogP contribution in [0.1, 0.15) is 38.5 Å². The van der Waals surface area contributed by atoms with Crippen molar-refractivity contribution in [3.8, 4) is 0 Å². The van der Waals surface area contributed by atoms with E-state index in [1.54, 1.807) is 0 Å². The van der Waals surface area contributed by atoms with Crippen molar-refractivity contribution in [1.82, 2.24) is 15.5 Å². The quantitative estimate of drug-likeness (QED) is 0.138. The number of carboxylic acids is 3. The fourth-order valence-electron chi connectivity index (χ4n) is 3.25. The van der Waals surface area contributed by atoms with E-state index < -0.39 is 78.5 Å². The molecule has 4 atom stereocenters. The van der Waals surface area contributed by atoms with E-state index in [0.717, 1.165) is 4.90 Å². The third kappa shape index (κ3) is 8.72. The molecule has 4 unspecified atom stereocenters. The number of nitrogens with zero attached hydrogens (tertiary/aromatic N) is 1. The molecule has 0 aliphatic carbocycles. The first-order chi connectivity index (χ1) is 15.3. The van der Waals surface area contributed by atoms with E-state index in [9.17, 15) is 33.6 Å². The first kappa shape index (κ1) is 27.3. The van der Waals surface area contributed by atoms with E-state index in [4.69, 9.17) is 26.8 Å². The number of hydrogen-bond donors (Lipinski definition) is 7. The van der Waals surface area contributed by atoms with Crippen molar-refractivity contribution in [2.24, 2.45) is 11.5 Å². The number of likely N-dealkylation sites (tertiary alicyclic amines) is 1. The lowest BCUT2D eigenvalue weighted by molar-refractivity contribution is -0.148. The molecule has 1 saturated heterocycles. The Morgan fingerprint density at radius 1 is 0.939 bits per heavy atom. The lowest BCUT2D eigenvalue weighted by Gasteiger charge is -2.29. The Morgan fingerprint density at radius 2 is 1.55 bits per heavy atom. The van der Waals surface area contributed by atoms with Gasteiger partial charge in [0.25, 0.3) is 0 Å². The summed E-state index contributed by atoms with van der Waals surface area (Å²) in [4.78, 5) is 82.9. The Balaban J connectivity index is 2.99. The first-order valence-corrected chi connectivity index (χ1v) is 9.95. The third-order valence-electron chi connectivity index (χ3n) is 4.86. The molecule has 0 radical (unpaired) electrons. The van der Waals surface area contributed by atoms with Crippen molar-refractivity contribution in [2.45, 2.75) is 62.7 Å². The largest absolute Gasteiger partial charge is 0.481 e. The Morgan fingerprint density at radius 3 is 2.06 bits per heavy atom. The van der Waals surface area contributed by atoms with Gasteiger partial charge in [0.15, 0.2) is 0 Å². The van der Waals surface area contributed by atoms with Gasteiger partial charge in [-0.25, -0.2) is 4.79 Å². The van der Waals surface area contributed by atoms with E-state index >= 15 is 0 Å². The molecule has 0 aromatic heterocycles. The second kappa shape index (κ2) is 12.3. The Bertz CT molecular complexity index is 816. The van der Waals surface area contributed by atoms with Crippen molar-refractivity contribution in [3.05, 3.63) is 0 Å². The molecule has 0 aromatic rings. The maximum Gasteiger partial charge on any atom is 0.326 e. The zero-order chi connectivity index (χ0) is 25.3. The van der Waals surface area contributed by atoms with Gasteiger partial charge < -0.3 is 42.3 Å². The molecular weight excluding hydrogens is 446 g/mol. The number of hydrogen-bond acceptors (Lipinski definition) is 8. The number of carboxylic acid groups (broad SMARTS) is 3. The van der Waals surface area contributed by atoms with E-state index in [1.807, 2.05) is 0 Å². The van der Waals surface area contributed by atoms with Gasteiger partial charge in [0.2, 0.25) is 23.6 Å². The molecule has 33 heavy (non-hydrogen) atoms. The number of nitrogens with two attached hydrogens (primary N) is 2. The number of carbonyl (C=O) groups is 7. The standard InChI is InChI=1S/C18H27N5O10/c19-8(6-13(25)26)15(29)21-9(3-4-12(20)24)17(31)23-5-1-2-11(23)16(30)22-10(18(32)33)7-14(27)28/h8-11H,1-7,19H2,(H2,20,24)(H,21,29)(H,22,30)(H,25,26)(H,27,28)(H,32,33). The fourth-order valence-corrected chi connectivity index (χ4v) is 3.25. The van der Waals surface area contributed by atoms with Crippen LogP contribution in [0.2, 0.25) is 0 Å². The summed E-state index contributed by atoms with van der Waals surface area (Å²) < 4.78 is 0. The van der Waals surface area contributed by atoms with Gasteiger partial charge in [0.1, 0.15) is 18.1 Å². The summed E-state index contributed by atoms with van der Waals surface area (Å²) in [6.45, 7) is 0.0672. The highest BCUT2D eigenvalue weighted by molar-refractivity contribution is 5.95. The normalized spacial score (nSPS) is 18.0. The molecule has 1 aliphatic rings. The fraction of sp³-hybridized carbons (Fsp3) is 0.611. The van der Waals surface area contributed by atoms with Gasteiger partial charge in [-0.05, 0) is 19.3 Å². The smallest absolute Gasteiger partial charge is 0.326 e. The highest BCUT2D eigenvalue weighted by Crippen LogP contribution is 2.20. The molecule has 4 amide bonds. The van der Waals surface area contributed by atoms with Crippen LogP contribution in [0, 0.1) is 0 Å². The van der Waals surface area contributed by atoms with Gasteiger partial charge in [0, 0.05) is 13.0 Å². The zero-order valence-corrected chi connectivity index (χ0v) is 17.6. The molecule has 9 N–H and O–H groups in total. The average molecular weight is 473 g/mol. The van der Waals surface area contributed by atoms with Crippen LogP contribution in [-0.2, 0) is 33.6 Å². The maximum absolute atomic E-state index is 13.1. The van der Waals surface area contributed by atoms with Crippen molar-refractivity contribution >= 4 is 41.5 Å². The number of aliphatic carboxylic acids is 3. The summed E-state index contributed by atoms with van der Waals surface area (Å²) in [5.74, 6) is -7.77. The molecule has 184 valence electrons. The lowest BCUT2D eigenvalue weighted by atomic mass is 10.1. The van der Waals surface area contributed by atoms with Gasteiger partial charge in [-0.15, -0.1) is 0 Å². The molecular formula is C18H27N5O10. The molecule has 0 bridgehead atoms. The minimum absolute atomic E-state index is 0.0672. The van der Waals surface area contributed by atoms with Gasteiger partial charge in [-0.1, -0.05) is 0 Å². The van der Waals surface area contributed by atoms with Crippen molar-refractivity contribution in [1.29, 1.82) is 0 Å². The van der Waals surface area contributed by atoms with E-state index in [2.05, 4.69) is 10.6 Å². The third-order valence-corrected chi connectivity index (χ3v) is 4.86. The van der Waals surface area contributed by atoms with Crippen molar-refractivity contribution in [2.75, 3.05) is 6.54 Å². The van der Waals surface area contributed by atoms with Crippen LogP contribution in [0.25, 0.3) is 0 Å². The number of primary amides is 1. The van der Waals surface area contributed by atoms with Crippen LogP contribution in [0.5, 0.6) is 0 Å². The lowest BCUT2D eigenvalue weighted by Crippen LogP contribution is -2.57. The summed E-state index contributed by atoms with van der Waals surface area (Å²) in [5, 5.41) is 31.0. The predicted octanol–water partition coefficient (Wildman–Crippen LogP) is -3.43. The molecule has 15 heteroatoms. The molecule has 15 nitrogen and oxygen atoms in total. The number of rotatable bonds is 13. The number of carbonyl (C=O) groups excluding carboxylic acids is 4. The Hall–Kier alpha value is -3.75. The van der Waals surface area contributed by atoms with Crippen LogP contribution in [0.15, 0.2) is 0 Å². The molecule has 1 heterocycles. The van der Waals surface area contributed by atoms with Crippen LogP contribution in [0.4, 0.5) is 0 Å². The maximum atomic E-state index is 13.1. The Kier molecular flexibility index (Phi) is 10.2. The number of nitrogens with one attached hydrogen (secondary N) is 2. The molecule has 1 fully saturated rings. The summed E-state index contributed by atoms with van der Waals surface area (Å²) in [7, 11) is 0. The SMILES string of the molecule is NC(=O)CCC(NC(=O)C(N)CC(=O)O)C(=O)N1CCCC1C(=O)NC(CC(=O)O)C(=O)O. The van der Waals surface area contributed by atoms with E-state index in [-0.39, 0.29) is 25.8 Å². The summed E-state index contributed by atoms with van der Waals surface area (Å²) in [5.41, 5.74) is 10.6. The summed E-state index contributed by atoms with van der Waals surface area (Å²) >= 11 is 0. The molecule has 1 aliphatic heterocycles. The van der Waals surface area contributed by atoms with Gasteiger partial charge in [0.05, 0.1) is 18.9 Å². The van der Waals surface area contributed by atoms with Gasteiger partial charge in [-0.3, -0.25) is 28.8 Å². The Labute approximate surface area is 187 Å². The summed E-state index contributed by atoms with van der Waals surface area (Å²) in [6, 6.07) is -5.69. The highest BCUT2D eigenvalue weighted by atomic mass is 16.4. The van der Waals surface area contributed by atoms with E-state index in [0.29, 0.717) is 6.42 Å². The zero-order valence-electron chi connectivity index (χ0n) is 17.6. The average Bonchev–Trinajstić information content (AvgIpc) is 3.18.